The van der Waals surface area contributed by atoms with Gasteiger partial charge in [0.05, 0.1) is 24.9 Å². The summed E-state index contributed by atoms with van der Waals surface area (Å²) in [5.41, 5.74) is 0.324. The van der Waals surface area contributed by atoms with E-state index in [0.29, 0.717) is 36.2 Å². The summed E-state index contributed by atoms with van der Waals surface area (Å²) in [5, 5.41) is 32.6. The highest BCUT2D eigenvalue weighted by molar-refractivity contribution is 5.17. The van der Waals surface area contributed by atoms with Crippen LogP contribution < -0.4 is 0 Å². The zero-order valence-electron chi connectivity index (χ0n) is 20.4. The van der Waals surface area contributed by atoms with Crippen molar-refractivity contribution in [1.29, 1.82) is 0 Å². The standard InChI is InChI=1S/C27H44O5/c1-14-9-23(30)27(31-13-14)15(2)24-22(32-27)12-19-17-11-21(29)20-10-16(28)5-7-25(20,3)18(17)6-8-26(19,24)4/h14-24,28-30H,5-13H2,1-4H3/t14-,15-,16-,17+,18-,19-,20+,21+,22-,23?,24-,25+,26-,27+/m0/s1. The van der Waals surface area contributed by atoms with E-state index < -0.39 is 11.9 Å². The molecule has 1 unspecified atom stereocenters. The normalized spacial score (nSPS) is 64.0. The first-order valence-corrected chi connectivity index (χ1v) is 13.5. The summed E-state index contributed by atoms with van der Waals surface area (Å²) < 4.78 is 13.0. The summed E-state index contributed by atoms with van der Waals surface area (Å²) in [6.07, 6.45) is 6.86. The summed E-state index contributed by atoms with van der Waals surface area (Å²) in [5.74, 6) is 2.12. The number of ether oxygens (including phenoxy) is 2. The van der Waals surface area contributed by atoms with E-state index in [2.05, 4.69) is 27.7 Å². The van der Waals surface area contributed by atoms with Crippen molar-refractivity contribution in [3.63, 3.8) is 0 Å². The zero-order chi connectivity index (χ0) is 22.6. The molecule has 32 heavy (non-hydrogen) atoms. The fraction of sp³-hybridized carbons (Fsp3) is 1.00. The van der Waals surface area contributed by atoms with Gasteiger partial charge in [-0.05, 0) is 97.7 Å². The molecule has 0 aromatic rings. The number of aliphatic hydroxyl groups excluding tert-OH is 3. The van der Waals surface area contributed by atoms with Crippen LogP contribution in [0.25, 0.3) is 0 Å². The van der Waals surface area contributed by atoms with Gasteiger partial charge in [-0.2, -0.15) is 0 Å². The second-order valence-electron chi connectivity index (χ2n) is 13.4. The highest BCUT2D eigenvalue weighted by Gasteiger charge is 2.71. The Labute approximate surface area is 193 Å². The zero-order valence-corrected chi connectivity index (χ0v) is 20.4. The van der Waals surface area contributed by atoms with E-state index in [9.17, 15) is 15.3 Å². The third kappa shape index (κ3) is 2.75. The number of aliphatic hydroxyl groups is 3. The Balaban J connectivity index is 1.29. The first kappa shape index (κ1) is 22.3. The molecule has 2 aliphatic heterocycles. The van der Waals surface area contributed by atoms with Crippen molar-refractivity contribution >= 4 is 0 Å². The van der Waals surface area contributed by atoms with Gasteiger partial charge < -0.3 is 24.8 Å². The molecule has 1 spiro atoms. The number of hydrogen-bond acceptors (Lipinski definition) is 5. The van der Waals surface area contributed by atoms with Crippen molar-refractivity contribution in [1.82, 2.24) is 0 Å². The molecule has 0 radical (unpaired) electrons. The molecule has 182 valence electrons. The molecule has 0 amide bonds. The van der Waals surface area contributed by atoms with Gasteiger partial charge in [0, 0.05) is 5.92 Å². The molecule has 0 aromatic carbocycles. The Kier molecular flexibility index (Phi) is 4.99. The van der Waals surface area contributed by atoms with Crippen LogP contribution in [0.15, 0.2) is 0 Å². The largest absolute Gasteiger partial charge is 0.393 e. The van der Waals surface area contributed by atoms with Crippen LogP contribution in [0.4, 0.5) is 0 Å². The van der Waals surface area contributed by atoms with Crippen molar-refractivity contribution in [3.8, 4) is 0 Å². The first-order chi connectivity index (χ1) is 15.1. The maximum atomic E-state index is 11.2. The van der Waals surface area contributed by atoms with Crippen LogP contribution in [-0.4, -0.2) is 52.1 Å². The summed E-state index contributed by atoms with van der Waals surface area (Å²) in [4.78, 5) is 0. The van der Waals surface area contributed by atoms with Crippen LogP contribution in [0.2, 0.25) is 0 Å². The maximum absolute atomic E-state index is 11.2. The number of fused-ring (bicyclic) bond motifs is 7. The lowest BCUT2D eigenvalue weighted by Crippen LogP contribution is -2.59. The molecular formula is C27H44O5. The van der Waals surface area contributed by atoms with Crippen molar-refractivity contribution in [2.75, 3.05) is 6.61 Å². The molecule has 2 heterocycles. The Morgan fingerprint density at radius 1 is 0.812 bits per heavy atom. The lowest BCUT2D eigenvalue weighted by atomic mass is 9.43. The monoisotopic (exact) mass is 448 g/mol. The quantitative estimate of drug-likeness (QED) is 0.526. The van der Waals surface area contributed by atoms with Crippen LogP contribution in [-0.2, 0) is 9.47 Å². The summed E-state index contributed by atoms with van der Waals surface area (Å²) in [6, 6.07) is 0. The predicted octanol–water partition coefficient (Wildman–Crippen LogP) is 3.74. The van der Waals surface area contributed by atoms with Gasteiger partial charge in [0.15, 0.2) is 5.79 Å². The molecule has 0 aromatic heterocycles. The molecule has 6 aliphatic rings. The molecular weight excluding hydrogens is 404 g/mol. The van der Waals surface area contributed by atoms with E-state index in [1.807, 2.05) is 0 Å². The first-order valence-electron chi connectivity index (χ1n) is 13.5. The average Bonchev–Trinajstić information content (AvgIpc) is 3.18. The van der Waals surface area contributed by atoms with E-state index in [0.717, 1.165) is 38.5 Å². The second kappa shape index (κ2) is 7.16. The SMILES string of the molecule is C[C@@H]1CO[C@]2(O[C@H]3C[C@H]4[C@@H]5C[C@@H](O)[C@H]6C[C@@H](O)CC[C@]6(C)[C@H]5CC[C@]4(C)[C@H]3[C@@H]2C)C(O)C1. The molecule has 2 saturated heterocycles. The number of rotatable bonds is 0. The highest BCUT2D eigenvalue weighted by Crippen LogP contribution is 2.71. The van der Waals surface area contributed by atoms with Crippen LogP contribution in [0, 0.1) is 52.3 Å². The summed E-state index contributed by atoms with van der Waals surface area (Å²) in [6.45, 7) is 9.98. The Morgan fingerprint density at radius 3 is 2.31 bits per heavy atom. The molecule has 5 heteroatoms. The van der Waals surface area contributed by atoms with Gasteiger partial charge in [-0.15, -0.1) is 0 Å². The van der Waals surface area contributed by atoms with Gasteiger partial charge >= 0.3 is 0 Å². The fourth-order valence-corrected chi connectivity index (χ4v) is 10.4. The Bertz CT molecular complexity index is 758. The van der Waals surface area contributed by atoms with Gasteiger partial charge in [0.1, 0.15) is 6.10 Å². The molecule has 14 atom stereocenters. The van der Waals surface area contributed by atoms with Gasteiger partial charge in [0.25, 0.3) is 0 Å². The minimum atomic E-state index is -0.824. The van der Waals surface area contributed by atoms with Crippen molar-refractivity contribution in [2.24, 2.45) is 52.3 Å². The minimum Gasteiger partial charge on any atom is -0.393 e. The average molecular weight is 449 g/mol. The van der Waals surface area contributed by atoms with E-state index in [-0.39, 0.29) is 41.0 Å². The molecule has 4 saturated carbocycles. The van der Waals surface area contributed by atoms with Crippen molar-refractivity contribution < 1.29 is 24.8 Å². The van der Waals surface area contributed by atoms with Gasteiger partial charge in [-0.3, -0.25) is 0 Å². The smallest absolute Gasteiger partial charge is 0.197 e. The lowest BCUT2D eigenvalue weighted by Gasteiger charge is -2.62. The van der Waals surface area contributed by atoms with E-state index in [1.165, 1.54) is 12.8 Å². The summed E-state index contributed by atoms with van der Waals surface area (Å²) >= 11 is 0. The van der Waals surface area contributed by atoms with Crippen LogP contribution in [0.1, 0.15) is 79.1 Å². The van der Waals surface area contributed by atoms with Crippen LogP contribution in [0.5, 0.6) is 0 Å². The third-order valence-electron chi connectivity index (χ3n) is 11.9. The second-order valence-corrected chi connectivity index (χ2v) is 13.4. The molecule has 3 N–H and O–H groups in total. The predicted molar refractivity (Wildman–Crippen MR) is 121 cm³/mol. The molecule has 6 fully saturated rings. The van der Waals surface area contributed by atoms with Crippen molar-refractivity contribution in [3.05, 3.63) is 0 Å². The van der Waals surface area contributed by atoms with E-state index in [4.69, 9.17) is 9.47 Å². The molecule has 6 rings (SSSR count). The maximum Gasteiger partial charge on any atom is 0.197 e. The Morgan fingerprint density at radius 2 is 1.56 bits per heavy atom. The third-order valence-corrected chi connectivity index (χ3v) is 11.9. The van der Waals surface area contributed by atoms with E-state index in [1.54, 1.807) is 0 Å². The van der Waals surface area contributed by atoms with E-state index >= 15 is 0 Å². The Hall–Kier alpha value is -0.200. The molecule has 0 bridgehead atoms. The van der Waals surface area contributed by atoms with Crippen LogP contribution >= 0.6 is 0 Å². The van der Waals surface area contributed by atoms with Gasteiger partial charge in [0.2, 0.25) is 0 Å². The van der Waals surface area contributed by atoms with Crippen LogP contribution in [0.3, 0.4) is 0 Å². The fourth-order valence-electron chi connectivity index (χ4n) is 10.4. The van der Waals surface area contributed by atoms with Gasteiger partial charge in [-0.1, -0.05) is 27.7 Å². The molecule has 4 aliphatic carbocycles. The topological polar surface area (TPSA) is 79.2 Å². The highest BCUT2D eigenvalue weighted by atomic mass is 16.7. The minimum absolute atomic E-state index is 0.146. The van der Waals surface area contributed by atoms with Crippen molar-refractivity contribution in [2.45, 2.75) is 109 Å². The molecule has 5 nitrogen and oxygen atoms in total. The summed E-state index contributed by atoms with van der Waals surface area (Å²) in [7, 11) is 0. The number of hydrogen-bond donors (Lipinski definition) is 3. The van der Waals surface area contributed by atoms with Gasteiger partial charge in [-0.25, -0.2) is 0 Å². The lowest BCUT2D eigenvalue weighted by molar-refractivity contribution is -0.316.